The largest absolute Gasteiger partial charge is 0.468 e. The summed E-state index contributed by atoms with van der Waals surface area (Å²) in [5.41, 5.74) is 1.39. The van der Waals surface area contributed by atoms with Crippen LogP contribution in [-0.4, -0.2) is 27.0 Å². The molecular formula is C23H20ClNO4S. The highest BCUT2D eigenvalue weighted by atomic mass is 35.5. The average molecular weight is 442 g/mol. The molecule has 3 aromatic rings. The van der Waals surface area contributed by atoms with E-state index in [-0.39, 0.29) is 10.8 Å². The fourth-order valence-corrected chi connectivity index (χ4v) is 5.21. The Morgan fingerprint density at radius 1 is 0.967 bits per heavy atom. The molecule has 1 aliphatic rings. The van der Waals surface area contributed by atoms with Crippen LogP contribution in [0.3, 0.4) is 0 Å². The highest BCUT2D eigenvalue weighted by Crippen LogP contribution is 2.52. The molecule has 0 amide bonds. The van der Waals surface area contributed by atoms with Gasteiger partial charge in [-0.3, -0.25) is 4.79 Å². The molecule has 2 atom stereocenters. The Kier molecular flexibility index (Phi) is 5.40. The summed E-state index contributed by atoms with van der Waals surface area (Å²) in [7, 11) is -2.67. The number of hydrogen-bond acceptors (Lipinski definition) is 4. The summed E-state index contributed by atoms with van der Waals surface area (Å²) >= 11 is 5.92. The van der Waals surface area contributed by atoms with Crippen molar-refractivity contribution in [3.05, 3.63) is 89.4 Å². The van der Waals surface area contributed by atoms with Gasteiger partial charge in [-0.2, -0.15) is 4.72 Å². The van der Waals surface area contributed by atoms with Crippen LogP contribution in [0.4, 0.5) is 0 Å². The summed E-state index contributed by atoms with van der Waals surface area (Å²) in [6, 6.07) is 23.1. The van der Waals surface area contributed by atoms with Gasteiger partial charge in [0.2, 0.25) is 10.0 Å². The first kappa shape index (κ1) is 20.6. The van der Waals surface area contributed by atoms with Crippen molar-refractivity contribution >= 4 is 27.6 Å². The van der Waals surface area contributed by atoms with Crippen LogP contribution in [0, 0.1) is 0 Å². The molecule has 1 N–H and O–H groups in total. The molecule has 1 aliphatic carbocycles. The maximum atomic E-state index is 13.0. The second-order valence-corrected chi connectivity index (χ2v) is 9.39. The topological polar surface area (TPSA) is 72.5 Å². The zero-order valence-electron chi connectivity index (χ0n) is 16.2. The summed E-state index contributed by atoms with van der Waals surface area (Å²) in [5.74, 6) is -0.855. The number of ether oxygens (including phenoxy) is 1. The number of nitrogens with one attached hydrogen (secondary N) is 1. The Balaban J connectivity index is 1.59. The summed E-state index contributed by atoms with van der Waals surface area (Å²) in [5, 5.41) is 0.632. The molecule has 0 aliphatic heterocycles. The Morgan fingerprint density at radius 2 is 1.53 bits per heavy atom. The monoisotopic (exact) mass is 441 g/mol. The van der Waals surface area contributed by atoms with E-state index in [2.05, 4.69) is 4.72 Å². The van der Waals surface area contributed by atoms with Crippen molar-refractivity contribution < 1.29 is 17.9 Å². The van der Waals surface area contributed by atoms with Gasteiger partial charge >= 0.3 is 5.97 Å². The molecule has 1 saturated carbocycles. The van der Waals surface area contributed by atoms with E-state index in [4.69, 9.17) is 16.3 Å². The third kappa shape index (κ3) is 3.86. The number of halogens is 1. The number of sulfonamides is 1. The summed E-state index contributed by atoms with van der Waals surface area (Å²) in [6.07, 6.45) is 0.353. The summed E-state index contributed by atoms with van der Waals surface area (Å²) in [6.45, 7) is 0. The SMILES string of the molecule is COC(=O)C1(NS(=O)(=O)c2ccc(-c3ccc(Cl)cc3)cc2)CC1c1ccccc1. The lowest BCUT2D eigenvalue weighted by Crippen LogP contribution is -2.45. The van der Waals surface area contributed by atoms with Crippen molar-refractivity contribution in [1.82, 2.24) is 4.72 Å². The fraction of sp³-hybridized carbons (Fsp3) is 0.174. The number of carbonyl (C=O) groups is 1. The highest BCUT2D eigenvalue weighted by molar-refractivity contribution is 7.89. The fourth-order valence-electron chi connectivity index (χ4n) is 3.68. The van der Waals surface area contributed by atoms with Crippen LogP contribution < -0.4 is 4.72 Å². The second kappa shape index (κ2) is 7.87. The normalized spacial score (nSPS) is 20.5. The Bertz CT molecular complexity index is 1160. The van der Waals surface area contributed by atoms with Gasteiger partial charge in [0, 0.05) is 10.9 Å². The van der Waals surface area contributed by atoms with Gasteiger partial charge < -0.3 is 4.74 Å². The van der Waals surface area contributed by atoms with Crippen LogP contribution in [-0.2, 0) is 19.6 Å². The number of methoxy groups -OCH3 is 1. The first-order chi connectivity index (χ1) is 14.4. The molecule has 1 fully saturated rings. The van der Waals surface area contributed by atoms with E-state index in [0.717, 1.165) is 16.7 Å². The molecule has 3 aromatic carbocycles. The quantitative estimate of drug-likeness (QED) is 0.576. The van der Waals surface area contributed by atoms with Crippen molar-refractivity contribution in [2.45, 2.75) is 22.8 Å². The number of benzene rings is 3. The van der Waals surface area contributed by atoms with Crippen molar-refractivity contribution in [2.24, 2.45) is 0 Å². The average Bonchev–Trinajstić information content (AvgIpc) is 3.49. The third-order valence-electron chi connectivity index (χ3n) is 5.37. The van der Waals surface area contributed by atoms with Gasteiger partial charge in [-0.15, -0.1) is 0 Å². The molecule has 0 saturated heterocycles. The summed E-state index contributed by atoms with van der Waals surface area (Å²) in [4.78, 5) is 12.6. The van der Waals surface area contributed by atoms with E-state index < -0.39 is 21.5 Å². The zero-order valence-corrected chi connectivity index (χ0v) is 17.8. The van der Waals surface area contributed by atoms with E-state index in [1.54, 1.807) is 24.3 Å². The van der Waals surface area contributed by atoms with Crippen LogP contribution in [0.5, 0.6) is 0 Å². The van der Waals surface area contributed by atoms with E-state index in [0.29, 0.717) is 11.4 Å². The second-order valence-electron chi connectivity index (χ2n) is 7.27. The minimum absolute atomic E-state index is 0.0854. The van der Waals surface area contributed by atoms with E-state index in [1.165, 1.54) is 19.2 Å². The van der Waals surface area contributed by atoms with Gasteiger partial charge in [-0.1, -0.05) is 66.2 Å². The van der Waals surface area contributed by atoms with Crippen molar-refractivity contribution in [3.8, 4) is 11.1 Å². The van der Waals surface area contributed by atoms with E-state index in [1.807, 2.05) is 42.5 Å². The van der Waals surface area contributed by atoms with Crippen LogP contribution >= 0.6 is 11.6 Å². The molecular weight excluding hydrogens is 422 g/mol. The minimum Gasteiger partial charge on any atom is -0.468 e. The molecule has 154 valence electrons. The predicted octanol–water partition coefficient (Wildman–Crippen LogP) is 4.38. The van der Waals surface area contributed by atoms with Crippen LogP contribution in [0.15, 0.2) is 83.8 Å². The van der Waals surface area contributed by atoms with Gasteiger partial charge in [0.05, 0.1) is 12.0 Å². The minimum atomic E-state index is -3.93. The van der Waals surface area contributed by atoms with Crippen LogP contribution in [0.25, 0.3) is 11.1 Å². The maximum Gasteiger partial charge on any atom is 0.327 e. The molecule has 7 heteroatoms. The molecule has 4 rings (SSSR count). The Hall–Kier alpha value is -2.67. The van der Waals surface area contributed by atoms with Crippen LogP contribution in [0.2, 0.25) is 5.02 Å². The molecule has 0 bridgehead atoms. The van der Waals surface area contributed by atoms with Crippen molar-refractivity contribution in [2.75, 3.05) is 7.11 Å². The Morgan fingerprint density at radius 3 is 2.10 bits per heavy atom. The lowest BCUT2D eigenvalue weighted by molar-refractivity contribution is -0.143. The number of hydrogen-bond donors (Lipinski definition) is 1. The van der Waals surface area contributed by atoms with Crippen LogP contribution in [0.1, 0.15) is 17.9 Å². The standard InChI is InChI=1S/C23H20ClNO4S/c1-29-22(26)23(15-21(23)18-5-3-2-4-6-18)25-30(27,28)20-13-9-17(10-14-20)16-7-11-19(24)12-8-16/h2-14,21,25H,15H2,1H3. The number of carbonyl (C=O) groups excluding carboxylic acids is 1. The lowest BCUT2D eigenvalue weighted by atomic mass is 10.1. The van der Waals surface area contributed by atoms with Gasteiger partial charge in [0.1, 0.15) is 5.54 Å². The van der Waals surface area contributed by atoms with Crippen molar-refractivity contribution in [3.63, 3.8) is 0 Å². The molecule has 0 heterocycles. The molecule has 0 spiro atoms. The van der Waals surface area contributed by atoms with Gasteiger partial charge in [-0.05, 0) is 47.4 Å². The van der Waals surface area contributed by atoms with Gasteiger partial charge in [-0.25, -0.2) is 8.42 Å². The third-order valence-corrected chi connectivity index (χ3v) is 7.15. The van der Waals surface area contributed by atoms with E-state index >= 15 is 0 Å². The molecule has 5 nitrogen and oxygen atoms in total. The molecule has 30 heavy (non-hydrogen) atoms. The van der Waals surface area contributed by atoms with Gasteiger partial charge in [0.15, 0.2) is 0 Å². The first-order valence-corrected chi connectivity index (χ1v) is 11.3. The van der Waals surface area contributed by atoms with Gasteiger partial charge in [0.25, 0.3) is 0 Å². The molecule has 0 aromatic heterocycles. The Labute approximate surface area is 180 Å². The molecule has 2 unspecified atom stereocenters. The number of rotatable bonds is 6. The highest BCUT2D eigenvalue weighted by Gasteiger charge is 2.63. The van der Waals surface area contributed by atoms with Crippen molar-refractivity contribution in [1.29, 1.82) is 0 Å². The smallest absolute Gasteiger partial charge is 0.327 e. The summed E-state index contributed by atoms with van der Waals surface area (Å²) < 4.78 is 33.6. The lowest BCUT2D eigenvalue weighted by Gasteiger charge is -2.18. The first-order valence-electron chi connectivity index (χ1n) is 9.39. The maximum absolute atomic E-state index is 13.0. The predicted molar refractivity (Wildman–Crippen MR) is 116 cm³/mol. The molecule has 0 radical (unpaired) electrons. The van der Waals surface area contributed by atoms with E-state index in [9.17, 15) is 13.2 Å². The zero-order chi connectivity index (χ0) is 21.4. The number of esters is 1.